The van der Waals surface area contributed by atoms with Crippen molar-refractivity contribution in [1.82, 2.24) is 9.91 Å². The normalized spacial score (nSPS) is 22.3. The summed E-state index contributed by atoms with van der Waals surface area (Å²) >= 11 is 0. The van der Waals surface area contributed by atoms with Crippen LogP contribution < -0.4 is 5.84 Å². The predicted octanol–water partition coefficient (Wildman–Crippen LogP) is -1.15. The van der Waals surface area contributed by atoms with E-state index in [4.69, 9.17) is 10.9 Å². The van der Waals surface area contributed by atoms with Gasteiger partial charge in [0.2, 0.25) is 0 Å². The SMILES string of the molecule is CC1(C)C(=O)N(N)C(=O)N1CO. The number of urea groups is 1. The molecule has 68 valence electrons. The van der Waals surface area contributed by atoms with Gasteiger partial charge in [-0.3, -0.25) is 9.69 Å². The zero-order valence-corrected chi connectivity index (χ0v) is 6.94. The highest BCUT2D eigenvalue weighted by Crippen LogP contribution is 2.23. The molecular formula is C6H11N3O3. The maximum absolute atomic E-state index is 11.2. The van der Waals surface area contributed by atoms with Gasteiger partial charge in [-0.05, 0) is 13.8 Å². The Bertz CT molecular complexity index is 238. The summed E-state index contributed by atoms with van der Waals surface area (Å²) in [5.41, 5.74) is -1.04. The summed E-state index contributed by atoms with van der Waals surface area (Å²) < 4.78 is 0. The standard InChI is InChI=1S/C6H11N3O3/c1-6(2)4(11)9(7)5(12)8(6)3-10/h10H,3,7H2,1-2H3. The molecule has 0 aromatic heterocycles. The summed E-state index contributed by atoms with van der Waals surface area (Å²) in [7, 11) is 0. The van der Waals surface area contributed by atoms with Crippen molar-refractivity contribution < 1.29 is 14.7 Å². The summed E-state index contributed by atoms with van der Waals surface area (Å²) in [6.45, 7) is 2.54. The summed E-state index contributed by atoms with van der Waals surface area (Å²) in [4.78, 5) is 23.3. The Morgan fingerprint density at radius 2 is 2.00 bits per heavy atom. The highest BCUT2D eigenvalue weighted by molar-refractivity contribution is 6.05. The molecule has 0 radical (unpaired) electrons. The Morgan fingerprint density at radius 3 is 2.17 bits per heavy atom. The molecule has 12 heavy (non-hydrogen) atoms. The van der Waals surface area contributed by atoms with E-state index in [1.54, 1.807) is 0 Å². The van der Waals surface area contributed by atoms with Crippen LogP contribution in [0, 0.1) is 0 Å². The Hall–Kier alpha value is -1.14. The number of rotatable bonds is 1. The molecule has 6 nitrogen and oxygen atoms in total. The van der Waals surface area contributed by atoms with Crippen molar-refractivity contribution in [2.45, 2.75) is 19.4 Å². The molecule has 3 N–H and O–H groups in total. The zero-order valence-electron chi connectivity index (χ0n) is 6.94. The van der Waals surface area contributed by atoms with Crippen molar-refractivity contribution in [3.63, 3.8) is 0 Å². The van der Waals surface area contributed by atoms with Crippen molar-refractivity contribution in [3.8, 4) is 0 Å². The van der Waals surface area contributed by atoms with Gasteiger partial charge in [-0.15, -0.1) is 0 Å². The number of carbonyl (C=O) groups excluding carboxylic acids is 2. The van der Waals surface area contributed by atoms with Gasteiger partial charge in [0.15, 0.2) is 0 Å². The van der Waals surface area contributed by atoms with E-state index in [-0.39, 0.29) is 0 Å². The van der Waals surface area contributed by atoms with Gasteiger partial charge in [-0.2, -0.15) is 5.01 Å². The number of hydrazine groups is 1. The molecule has 6 heteroatoms. The molecule has 0 spiro atoms. The van der Waals surface area contributed by atoms with Crippen molar-refractivity contribution >= 4 is 11.9 Å². The van der Waals surface area contributed by atoms with Gasteiger partial charge in [-0.25, -0.2) is 10.6 Å². The molecular weight excluding hydrogens is 162 g/mol. The minimum atomic E-state index is -1.04. The van der Waals surface area contributed by atoms with Crippen LogP contribution in [-0.2, 0) is 4.79 Å². The Kier molecular flexibility index (Phi) is 1.81. The molecule has 0 aliphatic carbocycles. The molecule has 0 unspecified atom stereocenters. The fraction of sp³-hybridized carbons (Fsp3) is 0.667. The smallest absolute Gasteiger partial charge is 0.344 e. The quantitative estimate of drug-likeness (QED) is 0.298. The number of aliphatic hydroxyl groups excluding tert-OH is 1. The second-order valence-electron chi connectivity index (χ2n) is 3.09. The molecule has 1 rings (SSSR count). The van der Waals surface area contributed by atoms with Crippen LogP contribution in [0.4, 0.5) is 4.79 Å². The number of hydrogen-bond donors (Lipinski definition) is 2. The first-order chi connectivity index (χ1) is 5.42. The van der Waals surface area contributed by atoms with Crippen molar-refractivity contribution in [2.24, 2.45) is 5.84 Å². The summed E-state index contributed by atoms with van der Waals surface area (Å²) in [5, 5.41) is 9.29. The van der Waals surface area contributed by atoms with Gasteiger partial charge in [-0.1, -0.05) is 0 Å². The number of nitrogens with zero attached hydrogens (tertiary/aromatic N) is 2. The molecule has 3 amide bonds. The van der Waals surface area contributed by atoms with Gasteiger partial charge in [0.05, 0.1) is 0 Å². The third-order valence-corrected chi connectivity index (χ3v) is 2.00. The number of carbonyl (C=O) groups is 2. The van der Waals surface area contributed by atoms with Crippen molar-refractivity contribution in [1.29, 1.82) is 0 Å². The van der Waals surface area contributed by atoms with E-state index in [1.807, 2.05) is 0 Å². The number of hydrogen-bond acceptors (Lipinski definition) is 4. The van der Waals surface area contributed by atoms with Gasteiger partial charge < -0.3 is 5.11 Å². The van der Waals surface area contributed by atoms with E-state index in [0.717, 1.165) is 4.90 Å². The Labute approximate surface area is 69.5 Å². The van der Waals surface area contributed by atoms with Crippen LogP contribution >= 0.6 is 0 Å². The number of aliphatic hydroxyl groups is 1. The van der Waals surface area contributed by atoms with Crippen molar-refractivity contribution in [2.75, 3.05) is 6.73 Å². The van der Waals surface area contributed by atoms with Crippen LogP contribution in [0.1, 0.15) is 13.8 Å². The average molecular weight is 173 g/mol. The predicted molar refractivity (Wildman–Crippen MR) is 39.4 cm³/mol. The van der Waals surface area contributed by atoms with E-state index in [9.17, 15) is 9.59 Å². The van der Waals surface area contributed by atoms with E-state index < -0.39 is 24.2 Å². The topological polar surface area (TPSA) is 86.9 Å². The highest BCUT2D eigenvalue weighted by atomic mass is 16.3. The highest BCUT2D eigenvalue weighted by Gasteiger charge is 2.49. The second kappa shape index (κ2) is 2.43. The first kappa shape index (κ1) is 8.95. The summed E-state index contributed by atoms with van der Waals surface area (Å²) in [5.74, 6) is 4.63. The molecule has 0 saturated carbocycles. The monoisotopic (exact) mass is 173 g/mol. The molecule has 0 bridgehead atoms. The van der Waals surface area contributed by atoms with Crippen LogP contribution in [-0.4, -0.2) is 39.2 Å². The third-order valence-electron chi connectivity index (χ3n) is 2.00. The average Bonchev–Trinajstić information content (AvgIpc) is 2.13. The largest absolute Gasteiger partial charge is 0.376 e. The maximum Gasteiger partial charge on any atom is 0.344 e. The lowest BCUT2D eigenvalue weighted by Crippen LogP contribution is -2.44. The summed E-state index contributed by atoms with van der Waals surface area (Å²) in [6.07, 6.45) is 0. The lowest BCUT2D eigenvalue weighted by atomic mass is 10.1. The third kappa shape index (κ3) is 0.886. The van der Waals surface area contributed by atoms with Gasteiger partial charge in [0.1, 0.15) is 12.3 Å². The lowest BCUT2D eigenvalue weighted by molar-refractivity contribution is -0.132. The molecule has 0 aromatic rings. The first-order valence-electron chi connectivity index (χ1n) is 3.44. The van der Waals surface area contributed by atoms with E-state index in [2.05, 4.69) is 0 Å². The minimum absolute atomic E-state index is 0.509. The van der Waals surface area contributed by atoms with Gasteiger partial charge in [0.25, 0.3) is 5.91 Å². The molecule has 1 saturated heterocycles. The summed E-state index contributed by atoms with van der Waals surface area (Å²) in [6, 6.07) is -0.674. The Balaban J connectivity index is 3.04. The zero-order chi connectivity index (χ0) is 9.52. The van der Waals surface area contributed by atoms with Crippen LogP contribution in [0.2, 0.25) is 0 Å². The Morgan fingerprint density at radius 1 is 1.50 bits per heavy atom. The molecule has 0 atom stereocenters. The molecule has 1 aliphatic heterocycles. The lowest BCUT2D eigenvalue weighted by Gasteiger charge is -2.24. The second-order valence-corrected chi connectivity index (χ2v) is 3.09. The number of amides is 3. The van der Waals surface area contributed by atoms with Crippen LogP contribution in [0.25, 0.3) is 0 Å². The van der Waals surface area contributed by atoms with E-state index in [0.29, 0.717) is 5.01 Å². The van der Waals surface area contributed by atoms with Gasteiger partial charge >= 0.3 is 6.03 Å². The first-order valence-corrected chi connectivity index (χ1v) is 3.44. The van der Waals surface area contributed by atoms with E-state index >= 15 is 0 Å². The molecule has 1 heterocycles. The fourth-order valence-corrected chi connectivity index (χ4v) is 1.10. The molecule has 0 aromatic carbocycles. The van der Waals surface area contributed by atoms with Crippen LogP contribution in [0.15, 0.2) is 0 Å². The molecule has 1 aliphatic rings. The van der Waals surface area contributed by atoms with Gasteiger partial charge in [0, 0.05) is 0 Å². The minimum Gasteiger partial charge on any atom is -0.376 e. The maximum atomic E-state index is 11.2. The number of imide groups is 1. The van der Waals surface area contributed by atoms with Crippen LogP contribution in [0.5, 0.6) is 0 Å². The molecule has 1 fully saturated rings. The fourth-order valence-electron chi connectivity index (χ4n) is 1.10. The van der Waals surface area contributed by atoms with E-state index in [1.165, 1.54) is 13.8 Å². The van der Waals surface area contributed by atoms with Crippen molar-refractivity contribution in [3.05, 3.63) is 0 Å². The number of nitrogens with two attached hydrogens (primary N) is 1. The van der Waals surface area contributed by atoms with Crippen LogP contribution in [0.3, 0.4) is 0 Å².